The molecular formula is C13H15ClN2O2. The van der Waals surface area contributed by atoms with Crippen LogP contribution < -0.4 is 10.2 Å². The minimum Gasteiger partial charge on any atom is -0.323 e. The van der Waals surface area contributed by atoms with Crippen molar-refractivity contribution in [3.8, 4) is 0 Å². The molecule has 0 aromatic heterocycles. The first-order valence-electron chi connectivity index (χ1n) is 5.94. The van der Waals surface area contributed by atoms with Crippen LogP contribution in [0, 0.1) is 0 Å². The summed E-state index contributed by atoms with van der Waals surface area (Å²) in [5.41, 5.74) is 1.37. The molecule has 1 aliphatic heterocycles. The van der Waals surface area contributed by atoms with E-state index in [1.807, 2.05) is 18.2 Å². The van der Waals surface area contributed by atoms with E-state index in [-0.39, 0.29) is 11.8 Å². The van der Waals surface area contributed by atoms with E-state index in [1.165, 1.54) is 0 Å². The normalized spacial score (nSPS) is 16.8. The first kappa shape index (κ1) is 12.9. The Morgan fingerprint density at radius 3 is 2.78 bits per heavy atom. The third kappa shape index (κ3) is 2.64. The minimum atomic E-state index is -0.604. The summed E-state index contributed by atoms with van der Waals surface area (Å²) in [6, 6.07) is 7.27. The molecule has 5 heteroatoms. The molecule has 1 saturated heterocycles. The highest BCUT2D eigenvalue weighted by Crippen LogP contribution is 2.29. The van der Waals surface area contributed by atoms with Gasteiger partial charge in [-0.15, -0.1) is 11.6 Å². The maximum absolute atomic E-state index is 11.7. The Hall–Kier alpha value is -1.55. The lowest BCUT2D eigenvalue weighted by molar-refractivity contribution is -0.117. The summed E-state index contributed by atoms with van der Waals surface area (Å²) in [6.07, 6.45) is 1.42. The van der Waals surface area contributed by atoms with E-state index in [4.69, 9.17) is 11.6 Å². The lowest BCUT2D eigenvalue weighted by atomic mass is 10.2. The fourth-order valence-corrected chi connectivity index (χ4v) is 2.00. The van der Waals surface area contributed by atoms with Crippen LogP contribution in [0.25, 0.3) is 0 Å². The van der Waals surface area contributed by atoms with Gasteiger partial charge in [0.05, 0.1) is 11.4 Å². The number of anilines is 2. The molecule has 4 nitrogen and oxygen atoms in total. The van der Waals surface area contributed by atoms with Crippen molar-refractivity contribution in [2.45, 2.75) is 25.1 Å². The van der Waals surface area contributed by atoms with Gasteiger partial charge in [-0.05, 0) is 25.5 Å². The number of rotatable bonds is 3. The largest absolute Gasteiger partial charge is 0.323 e. The van der Waals surface area contributed by atoms with Crippen LogP contribution in [0.1, 0.15) is 19.8 Å². The molecule has 1 unspecified atom stereocenters. The average molecular weight is 267 g/mol. The summed E-state index contributed by atoms with van der Waals surface area (Å²) in [5, 5.41) is 2.14. The van der Waals surface area contributed by atoms with Crippen LogP contribution >= 0.6 is 11.6 Å². The number of alkyl halides is 1. The molecule has 0 spiro atoms. The highest BCUT2D eigenvalue weighted by Gasteiger charge is 2.24. The van der Waals surface area contributed by atoms with Crippen molar-refractivity contribution in [3.63, 3.8) is 0 Å². The monoisotopic (exact) mass is 266 g/mol. The molecule has 0 saturated carbocycles. The van der Waals surface area contributed by atoms with Crippen molar-refractivity contribution < 1.29 is 9.59 Å². The highest BCUT2D eigenvalue weighted by molar-refractivity contribution is 6.32. The molecule has 1 N–H and O–H groups in total. The van der Waals surface area contributed by atoms with Gasteiger partial charge in [0, 0.05) is 13.0 Å². The molecule has 0 radical (unpaired) electrons. The molecule has 0 aliphatic carbocycles. The number of halogens is 1. The number of benzene rings is 1. The molecule has 18 heavy (non-hydrogen) atoms. The van der Waals surface area contributed by atoms with Gasteiger partial charge in [0.25, 0.3) is 0 Å². The molecule has 1 aromatic carbocycles. The number of amides is 2. The van der Waals surface area contributed by atoms with Gasteiger partial charge >= 0.3 is 0 Å². The number of nitrogens with one attached hydrogen (secondary N) is 1. The fraction of sp³-hybridized carbons (Fsp3) is 0.385. The Balaban J connectivity index is 2.25. The first-order chi connectivity index (χ1) is 8.59. The van der Waals surface area contributed by atoms with E-state index in [2.05, 4.69) is 5.32 Å². The molecule has 1 aromatic rings. The van der Waals surface area contributed by atoms with Crippen LogP contribution in [0.2, 0.25) is 0 Å². The van der Waals surface area contributed by atoms with Crippen molar-refractivity contribution >= 4 is 34.8 Å². The zero-order valence-electron chi connectivity index (χ0n) is 10.1. The van der Waals surface area contributed by atoms with Crippen LogP contribution in [-0.4, -0.2) is 23.7 Å². The Labute approximate surface area is 111 Å². The predicted molar refractivity (Wildman–Crippen MR) is 72.0 cm³/mol. The standard InChI is InChI=1S/C13H15ClN2O2/c1-9(14)13(18)15-10-5-2-3-6-11(10)16-8-4-7-12(16)17/h2-3,5-6,9H,4,7-8H2,1H3,(H,15,18). The van der Waals surface area contributed by atoms with E-state index in [1.54, 1.807) is 17.9 Å². The molecular weight excluding hydrogens is 252 g/mol. The lowest BCUT2D eigenvalue weighted by Gasteiger charge is -2.20. The summed E-state index contributed by atoms with van der Waals surface area (Å²) < 4.78 is 0. The van der Waals surface area contributed by atoms with Crippen LogP contribution in [0.15, 0.2) is 24.3 Å². The summed E-state index contributed by atoms with van der Waals surface area (Å²) in [7, 11) is 0. The SMILES string of the molecule is CC(Cl)C(=O)Nc1ccccc1N1CCCC1=O. The van der Waals surface area contributed by atoms with E-state index in [0.717, 1.165) is 12.1 Å². The van der Waals surface area contributed by atoms with Gasteiger partial charge in [0.15, 0.2) is 0 Å². The van der Waals surface area contributed by atoms with Crippen LogP contribution in [-0.2, 0) is 9.59 Å². The van der Waals surface area contributed by atoms with Crippen molar-refractivity contribution in [1.29, 1.82) is 0 Å². The maximum atomic E-state index is 11.7. The molecule has 2 rings (SSSR count). The summed E-state index contributed by atoms with van der Waals surface area (Å²) in [6.45, 7) is 2.31. The molecule has 1 atom stereocenters. The quantitative estimate of drug-likeness (QED) is 0.854. The maximum Gasteiger partial charge on any atom is 0.242 e. The van der Waals surface area contributed by atoms with Crippen LogP contribution in [0.5, 0.6) is 0 Å². The van der Waals surface area contributed by atoms with Gasteiger partial charge in [-0.2, -0.15) is 0 Å². The average Bonchev–Trinajstić information content (AvgIpc) is 2.76. The Kier molecular flexibility index (Phi) is 3.87. The lowest BCUT2D eigenvalue weighted by Crippen LogP contribution is -2.27. The van der Waals surface area contributed by atoms with Gasteiger partial charge < -0.3 is 10.2 Å². The second kappa shape index (κ2) is 5.40. The highest BCUT2D eigenvalue weighted by atomic mass is 35.5. The van der Waals surface area contributed by atoms with Gasteiger partial charge in [-0.1, -0.05) is 12.1 Å². The number of hydrogen-bond donors (Lipinski definition) is 1. The van der Waals surface area contributed by atoms with Crippen molar-refractivity contribution in [2.24, 2.45) is 0 Å². The second-order valence-corrected chi connectivity index (χ2v) is 4.93. The van der Waals surface area contributed by atoms with Crippen molar-refractivity contribution in [2.75, 3.05) is 16.8 Å². The zero-order valence-corrected chi connectivity index (χ0v) is 10.9. The van der Waals surface area contributed by atoms with Crippen LogP contribution in [0.3, 0.4) is 0 Å². The molecule has 96 valence electrons. The number of para-hydroxylation sites is 2. The van der Waals surface area contributed by atoms with E-state index < -0.39 is 5.38 Å². The topological polar surface area (TPSA) is 49.4 Å². The minimum absolute atomic E-state index is 0.0932. The molecule has 1 heterocycles. The van der Waals surface area contributed by atoms with Crippen molar-refractivity contribution in [3.05, 3.63) is 24.3 Å². The van der Waals surface area contributed by atoms with Gasteiger partial charge in [0.1, 0.15) is 5.38 Å². The fourth-order valence-electron chi connectivity index (χ4n) is 1.95. The van der Waals surface area contributed by atoms with Crippen LogP contribution in [0.4, 0.5) is 11.4 Å². The summed E-state index contributed by atoms with van der Waals surface area (Å²) in [5.74, 6) is -0.175. The zero-order chi connectivity index (χ0) is 13.1. The molecule has 1 fully saturated rings. The molecule has 2 amide bonds. The number of carbonyl (C=O) groups excluding carboxylic acids is 2. The van der Waals surface area contributed by atoms with Gasteiger partial charge in [0.2, 0.25) is 11.8 Å². The predicted octanol–water partition coefficient (Wildman–Crippen LogP) is 2.38. The number of carbonyl (C=O) groups is 2. The Morgan fingerprint density at radius 1 is 1.44 bits per heavy atom. The number of hydrogen-bond acceptors (Lipinski definition) is 2. The smallest absolute Gasteiger partial charge is 0.242 e. The summed E-state index contributed by atoms with van der Waals surface area (Å²) >= 11 is 5.73. The van der Waals surface area contributed by atoms with E-state index in [9.17, 15) is 9.59 Å². The third-order valence-corrected chi connectivity index (χ3v) is 3.09. The van der Waals surface area contributed by atoms with E-state index >= 15 is 0 Å². The second-order valence-electron chi connectivity index (χ2n) is 4.27. The van der Waals surface area contributed by atoms with Crippen molar-refractivity contribution in [1.82, 2.24) is 0 Å². The third-order valence-electron chi connectivity index (χ3n) is 2.89. The summed E-state index contributed by atoms with van der Waals surface area (Å²) in [4.78, 5) is 25.1. The Morgan fingerprint density at radius 2 is 2.17 bits per heavy atom. The first-order valence-corrected chi connectivity index (χ1v) is 6.37. The Bertz CT molecular complexity index is 474. The van der Waals surface area contributed by atoms with Gasteiger partial charge in [-0.3, -0.25) is 9.59 Å². The van der Waals surface area contributed by atoms with Gasteiger partial charge in [-0.25, -0.2) is 0 Å². The molecule has 0 bridgehead atoms. The molecule has 1 aliphatic rings. The number of nitrogens with zero attached hydrogens (tertiary/aromatic N) is 1. The van der Waals surface area contributed by atoms with E-state index in [0.29, 0.717) is 18.7 Å².